The number of nitrogens with zero attached hydrogens (tertiary/aromatic N) is 1. The van der Waals surface area contributed by atoms with Crippen molar-refractivity contribution in [3.63, 3.8) is 0 Å². The van der Waals surface area contributed by atoms with Gasteiger partial charge in [0.25, 0.3) is 0 Å². The van der Waals surface area contributed by atoms with Crippen molar-refractivity contribution >= 4 is 92.4 Å². The fourth-order valence-electron chi connectivity index (χ4n) is 8.79. The average Bonchev–Trinajstić information content (AvgIpc) is 3.99. The SMILES string of the molecule is c1ccc(-c2ccc3c(c2)oc2c(-c4ccccc4)ccc(N(c4ccc5sc6c(-c7ccccc7)cccc6c5c4)c4cccc5c4oc4ccccc45)c23)cc1. The molecule has 3 nitrogen and oxygen atoms in total. The molecular formula is C54H33NO2S. The molecule has 0 spiro atoms. The Morgan fingerprint density at radius 3 is 1.84 bits per heavy atom. The van der Waals surface area contributed by atoms with E-state index in [1.165, 1.54) is 31.3 Å². The number of hydrogen-bond donors (Lipinski definition) is 0. The summed E-state index contributed by atoms with van der Waals surface area (Å²) in [5, 5.41) is 6.74. The molecule has 0 atom stereocenters. The maximum absolute atomic E-state index is 7.02. The predicted octanol–water partition coefficient (Wildman–Crippen LogP) is 16.3. The van der Waals surface area contributed by atoms with Gasteiger partial charge in [0.2, 0.25) is 0 Å². The number of rotatable bonds is 6. The van der Waals surface area contributed by atoms with Crippen molar-refractivity contribution in [1.82, 2.24) is 0 Å². The first kappa shape index (κ1) is 32.8. The summed E-state index contributed by atoms with van der Waals surface area (Å²) in [6.45, 7) is 0. The Kier molecular flexibility index (Phi) is 7.40. The van der Waals surface area contributed by atoms with Crippen LogP contribution >= 0.6 is 11.3 Å². The first-order valence-electron chi connectivity index (χ1n) is 19.6. The molecule has 0 aliphatic heterocycles. The summed E-state index contributed by atoms with van der Waals surface area (Å²) in [4.78, 5) is 2.38. The molecule has 12 aromatic rings. The minimum Gasteiger partial charge on any atom is -0.455 e. The van der Waals surface area contributed by atoms with Gasteiger partial charge in [0.1, 0.15) is 16.7 Å². The molecule has 0 amide bonds. The standard InChI is InChI=1S/C54H33NO2S/c1-4-14-34(15-5-1)37-26-28-44-49(32-37)57-53-39(35-16-6-2-7-17-35)29-30-46(51(44)53)55(47-24-13-22-42-41-20-10-11-25-48(41)56-52(42)47)38-27-31-50-45(33-38)43-23-12-21-40(54(43)58-50)36-18-8-3-9-19-36/h1-33H. The van der Waals surface area contributed by atoms with E-state index in [0.717, 1.165) is 83.2 Å². The minimum atomic E-state index is 0.838. The number of benzene rings is 9. The number of thiophene rings is 1. The fraction of sp³-hybridized carbons (Fsp3) is 0. The average molecular weight is 760 g/mol. The van der Waals surface area contributed by atoms with Crippen LogP contribution in [0.2, 0.25) is 0 Å². The van der Waals surface area contributed by atoms with Gasteiger partial charge < -0.3 is 13.7 Å². The van der Waals surface area contributed by atoms with Gasteiger partial charge in [-0.1, -0.05) is 146 Å². The normalized spacial score (nSPS) is 11.8. The van der Waals surface area contributed by atoms with Crippen LogP contribution in [0.15, 0.2) is 209 Å². The molecule has 0 fully saturated rings. The van der Waals surface area contributed by atoms with Crippen LogP contribution in [0.1, 0.15) is 0 Å². The molecule has 272 valence electrons. The Labute approximate surface area is 338 Å². The molecule has 12 rings (SSSR count). The maximum atomic E-state index is 7.02. The van der Waals surface area contributed by atoms with E-state index < -0.39 is 0 Å². The first-order valence-corrected chi connectivity index (χ1v) is 20.4. The second-order valence-corrected chi connectivity index (χ2v) is 15.9. The summed E-state index contributed by atoms with van der Waals surface area (Å²) >= 11 is 1.85. The van der Waals surface area contributed by atoms with Crippen molar-refractivity contribution in [2.45, 2.75) is 0 Å². The number of anilines is 3. The summed E-state index contributed by atoms with van der Waals surface area (Å²) in [5.74, 6) is 0. The Hall–Kier alpha value is -7.40. The quantitative estimate of drug-likeness (QED) is 0.169. The van der Waals surface area contributed by atoms with Crippen LogP contribution in [0.3, 0.4) is 0 Å². The summed E-state index contributed by atoms with van der Waals surface area (Å²) < 4.78 is 16.3. The van der Waals surface area contributed by atoms with Gasteiger partial charge in [0, 0.05) is 47.6 Å². The van der Waals surface area contributed by atoms with E-state index in [1.54, 1.807) is 0 Å². The zero-order valence-corrected chi connectivity index (χ0v) is 32.0. The van der Waals surface area contributed by atoms with E-state index in [-0.39, 0.29) is 0 Å². The highest BCUT2D eigenvalue weighted by atomic mass is 32.1. The van der Waals surface area contributed by atoms with Crippen LogP contribution in [-0.2, 0) is 0 Å². The van der Waals surface area contributed by atoms with Crippen molar-refractivity contribution < 1.29 is 8.83 Å². The monoisotopic (exact) mass is 759 g/mol. The molecule has 0 N–H and O–H groups in total. The molecule has 3 heterocycles. The molecule has 0 aliphatic rings. The number of furan rings is 2. The molecule has 0 saturated carbocycles. The third kappa shape index (κ3) is 5.12. The molecule has 0 aliphatic carbocycles. The Morgan fingerprint density at radius 1 is 0.362 bits per heavy atom. The van der Waals surface area contributed by atoms with Crippen LogP contribution in [0.4, 0.5) is 17.1 Å². The van der Waals surface area contributed by atoms with Gasteiger partial charge in [-0.25, -0.2) is 0 Å². The van der Waals surface area contributed by atoms with E-state index >= 15 is 0 Å². The number of fused-ring (bicyclic) bond motifs is 9. The van der Waals surface area contributed by atoms with Gasteiger partial charge >= 0.3 is 0 Å². The van der Waals surface area contributed by atoms with Crippen molar-refractivity contribution in [3.05, 3.63) is 200 Å². The molecule has 9 aromatic carbocycles. The van der Waals surface area contributed by atoms with Gasteiger partial charge in [-0.15, -0.1) is 11.3 Å². The third-order valence-electron chi connectivity index (χ3n) is 11.5. The Morgan fingerprint density at radius 2 is 1.03 bits per heavy atom. The first-order chi connectivity index (χ1) is 28.8. The number of hydrogen-bond acceptors (Lipinski definition) is 4. The molecule has 0 unspecified atom stereocenters. The number of para-hydroxylation sites is 2. The fourth-order valence-corrected chi connectivity index (χ4v) is 10.0. The summed E-state index contributed by atoms with van der Waals surface area (Å²) in [6, 6.07) is 71.2. The van der Waals surface area contributed by atoms with Gasteiger partial charge in [-0.2, -0.15) is 0 Å². The van der Waals surface area contributed by atoms with Crippen LogP contribution in [0.25, 0.3) is 97.4 Å². The second kappa shape index (κ2) is 13.1. The minimum absolute atomic E-state index is 0.838. The maximum Gasteiger partial charge on any atom is 0.159 e. The van der Waals surface area contributed by atoms with Crippen LogP contribution < -0.4 is 4.90 Å². The van der Waals surface area contributed by atoms with Crippen molar-refractivity contribution in [3.8, 4) is 33.4 Å². The molecule has 58 heavy (non-hydrogen) atoms. The molecule has 0 saturated heterocycles. The molecule has 0 radical (unpaired) electrons. The largest absolute Gasteiger partial charge is 0.455 e. The van der Waals surface area contributed by atoms with E-state index in [9.17, 15) is 0 Å². The summed E-state index contributed by atoms with van der Waals surface area (Å²) in [6.07, 6.45) is 0. The smallest absolute Gasteiger partial charge is 0.159 e. The lowest BCUT2D eigenvalue weighted by Crippen LogP contribution is -2.10. The topological polar surface area (TPSA) is 29.5 Å². The van der Waals surface area contributed by atoms with Crippen LogP contribution in [0.5, 0.6) is 0 Å². The Balaban J connectivity index is 1.16. The van der Waals surface area contributed by atoms with Gasteiger partial charge in [-0.3, -0.25) is 0 Å². The van der Waals surface area contributed by atoms with Crippen LogP contribution in [0, 0.1) is 0 Å². The van der Waals surface area contributed by atoms with Gasteiger partial charge in [0.05, 0.1) is 16.8 Å². The van der Waals surface area contributed by atoms with Crippen molar-refractivity contribution in [2.24, 2.45) is 0 Å². The molecule has 4 heteroatoms. The van der Waals surface area contributed by atoms with E-state index in [4.69, 9.17) is 8.83 Å². The van der Waals surface area contributed by atoms with Crippen LogP contribution in [-0.4, -0.2) is 0 Å². The summed E-state index contributed by atoms with van der Waals surface area (Å²) in [7, 11) is 0. The Bertz CT molecular complexity index is 3510. The lowest BCUT2D eigenvalue weighted by molar-refractivity contribution is 0.668. The molecular weight excluding hydrogens is 727 g/mol. The van der Waals surface area contributed by atoms with E-state index in [0.29, 0.717) is 0 Å². The lowest BCUT2D eigenvalue weighted by atomic mass is 9.98. The van der Waals surface area contributed by atoms with Crippen molar-refractivity contribution in [1.29, 1.82) is 0 Å². The van der Waals surface area contributed by atoms with Gasteiger partial charge in [0.15, 0.2) is 5.58 Å². The van der Waals surface area contributed by atoms with Gasteiger partial charge in [-0.05, 0) is 82.4 Å². The zero-order valence-electron chi connectivity index (χ0n) is 31.2. The summed E-state index contributed by atoms with van der Waals surface area (Å²) in [5.41, 5.74) is 13.3. The van der Waals surface area contributed by atoms with E-state index in [2.05, 4.69) is 199 Å². The highest BCUT2D eigenvalue weighted by Gasteiger charge is 2.26. The lowest BCUT2D eigenvalue weighted by Gasteiger charge is -2.27. The third-order valence-corrected chi connectivity index (χ3v) is 12.7. The highest BCUT2D eigenvalue weighted by molar-refractivity contribution is 7.26. The van der Waals surface area contributed by atoms with Crippen molar-refractivity contribution in [2.75, 3.05) is 4.90 Å². The predicted molar refractivity (Wildman–Crippen MR) is 245 cm³/mol. The van der Waals surface area contributed by atoms with E-state index in [1.807, 2.05) is 17.4 Å². The second-order valence-electron chi connectivity index (χ2n) is 14.8. The molecule has 3 aromatic heterocycles. The molecule has 0 bridgehead atoms. The highest BCUT2D eigenvalue weighted by Crippen LogP contribution is 2.50. The zero-order chi connectivity index (χ0) is 38.2.